The molecule has 3 heterocycles. The van der Waals surface area contributed by atoms with E-state index in [4.69, 9.17) is 28.4 Å². The average molecular weight is 1470 g/mol. The predicted octanol–water partition coefficient (Wildman–Crippen LogP) is 14.3. The first-order valence-corrected chi connectivity index (χ1v) is 41.5. The van der Waals surface area contributed by atoms with E-state index < -0.39 is 124 Å². The molecule has 19 heteroatoms. The monoisotopic (exact) mass is 1470 g/mol. The Balaban J connectivity index is 1.38. The molecule has 17 unspecified atom stereocenters. The van der Waals surface area contributed by atoms with Gasteiger partial charge in [0, 0.05) is 6.42 Å². The zero-order chi connectivity index (χ0) is 75.3. The van der Waals surface area contributed by atoms with Crippen LogP contribution in [0.4, 0.5) is 0 Å². The van der Waals surface area contributed by atoms with Gasteiger partial charge >= 0.3 is 0 Å². The van der Waals surface area contributed by atoms with Crippen molar-refractivity contribution in [3.05, 3.63) is 97.2 Å². The van der Waals surface area contributed by atoms with E-state index in [2.05, 4.69) is 104 Å². The summed E-state index contributed by atoms with van der Waals surface area (Å²) < 4.78 is 34.5. The SMILES string of the molecule is CC/C=C\C/C=C\C/C=C\C/C=C\C/C=C\C/C=C\C/C=C\CCCCCCCC(=O)NC(COC1OC(CO)C(OC2OC(CO)C(OC3OC(CO)C(O)C(O)C3O)C(O)C2O)C(O)C1O)C(O)/C=C/CCCCCCCCCCCCCCCCCCCCCCCCCCCCCCCC. The fraction of sp³-hybridized carbons (Fsp3) is 0.800. The first-order chi connectivity index (χ1) is 50.8. The summed E-state index contributed by atoms with van der Waals surface area (Å²) in [6, 6.07) is -0.993. The zero-order valence-electron chi connectivity index (χ0n) is 64.5. The second-order valence-electron chi connectivity index (χ2n) is 29.2. The summed E-state index contributed by atoms with van der Waals surface area (Å²) in [5, 5.41) is 121. The van der Waals surface area contributed by atoms with E-state index >= 15 is 0 Å². The van der Waals surface area contributed by atoms with Gasteiger partial charge in [0.2, 0.25) is 5.91 Å². The van der Waals surface area contributed by atoms with Gasteiger partial charge in [-0.3, -0.25) is 4.79 Å². The topological polar surface area (TPSA) is 307 Å². The third-order valence-corrected chi connectivity index (χ3v) is 20.1. The van der Waals surface area contributed by atoms with Crippen LogP contribution in [-0.4, -0.2) is 193 Å². The molecule has 0 aromatic heterocycles. The van der Waals surface area contributed by atoms with Crippen molar-refractivity contribution in [1.82, 2.24) is 5.32 Å². The highest BCUT2D eigenvalue weighted by Crippen LogP contribution is 2.33. The van der Waals surface area contributed by atoms with Crippen molar-refractivity contribution in [2.45, 2.75) is 407 Å². The summed E-state index contributed by atoms with van der Waals surface area (Å²) >= 11 is 0. The number of aliphatic hydroxyl groups is 11. The molecule has 602 valence electrons. The molecule has 1 amide bonds. The molecule has 3 rings (SSSR count). The van der Waals surface area contributed by atoms with Gasteiger partial charge in [-0.25, -0.2) is 0 Å². The van der Waals surface area contributed by atoms with Gasteiger partial charge in [-0.15, -0.1) is 0 Å². The van der Waals surface area contributed by atoms with Crippen LogP contribution in [0.5, 0.6) is 0 Å². The maximum Gasteiger partial charge on any atom is 0.220 e. The number of allylic oxidation sites excluding steroid dienone is 15. The highest BCUT2D eigenvalue weighted by Gasteiger charge is 2.54. The summed E-state index contributed by atoms with van der Waals surface area (Å²) in [6.45, 7) is 1.63. The maximum absolute atomic E-state index is 13.5. The van der Waals surface area contributed by atoms with E-state index in [0.29, 0.717) is 6.42 Å². The average Bonchev–Trinajstić information content (AvgIpc) is 0.783. The molecule has 17 atom stereocenters. The van der Waals surface area contributed by atoms with Gasteiger partial charge in [0.15, 0.2) is 18.9 Å². The Morgan fingerprint density at radius 1 is 0.356 bits per heavy atom. The van der Waals surface area contributed by atoms with Crippen molar-refractivity contribution >= 4 is 5.91 Å². The number of amides is 1. The van der Waals surface area contributed by atoms with Crippen LogP contribution in [-0.2, 0) is 33.2 Å². The van der Waals surface area contributed by atoms with Gasteiger partial charge in [0.1, 0.15) is 73.2 Å². The normalized spacial score (nSPS) is 26.4. The summed E-state index contributed by atoms with van der Waals surface area (Å²) in [5.41, 5.74) is 0. The Kier molecular flexibility index (Phi) is 58.9. The minimum atomic E-state index is -1.99. The molecule has 104 heavy (non-hydrogen) atoms. The van der Waals surface area contributed by atoms with Crippen LogP contribution in [0.2, 0.25) is 0 Å². The van der Waals surface area contributed by atoms with Gasteiger partial charge in [-0.1, -0.05) is 317 Å². The standard InChI is InChI=1S/C85H149NO18/c1-3-5-7-9-11-13-15-17-19-21-23-25-27-29-31-32-33-34-35-37-38-40-42-44-46-48-50-52-54-56-58-60-62-69(90)68(86-73(91)63-61-59-57-55-53-51-49-47-45-43-41-39-36-30-28-26-24-22-20-18-16-14-12-10-8-6-4-2)67-99-83-79(97)76(94)81(71(65-88)101-83)104-85-80(98)77(95)82(72(66-89)102-85)103-84-78(96)75(93)74(92)70(64-87)100-84/h6,8,12,14,18,20,24,26,30,36,41,43,47,49,60,62,68-72,74-85,87-90,92-98H,3-5,7,9-11,13,15-17,19,21-23,25,27-29,31-35,37-40,42,44-46,48,50-59,61,63-67H2,1-2H3,(H,86,91)/b8-6-,14-12-,20-18-,26-24-,36-30-,43-41-,49-47-,62-60+. The Bertz CT molecular complexity index is 2260. The fourth-order valence-electron chi connectivity index (χ4n) is 13.5. The minimum absolute atomic E-state index is 0.215. The van der Waals surface area contributed by atoms with Gasteiger partial charge < -0.3 is 89.9 Å². The first kappa shape index (κ1) is 94.9. The molecule has 0 radical (unpaired) electrons. The number of ether oxygens (including phenoxy) is 6. The summed E-state index contributed by atoms with van der Waals surface area (Å²) in [7, 11) is 0. The lowest BCUT2D eigenvalue weighted by molar-refractivity contribution is -0.379. The Morgan fingerprint density at radius 2 is 0.663 bits per heavy atom. The van der Waals surface area contributed by atoms with Gasteiger partial charge in [-0.2, -0.15) is 0 Å². The number of carbonyl (C=O) groups is 1. The summed E-state index contributed by atoms with van der Waals surface area (Å²) in [4.78, 5) is 13.5. The molecule has 0 aromatic rings. The fourth-order valence-corrected chi connectivity index (χ4v) is 13.5. The number of rotatable bonds is 65. The lowest BCUT2D eigenvalue weighted by atomic mass is 9.96. The number of hydrogen-bond donors (Lipinski definition) is 12. The minimum Gasteiger partial charge on any atom is -0.394 e. The zero-order valence-corrected chi connectivity index (χ0v) is 64.5. The Hall–Kier alpha value is -3.29. The molecule has 3 fully saturated rings. The molecule has 0 saturated carbocycles. The molecule has 0 spiro atoms. The van der Waals surface area contributed by atoms with E-state index in [1.54, 1.807) is 6.08 Å². The van der Waals surface area contributed by atoms with E-state index in [0.717, 1.165) is 103 Å². The van der Waals surface area contributed by atoms with E-state index in [-0.39, 0.29) is 18.9 Å². The second-order valence-corrected chi connectivity index (χ2v) is 29.2. The quantitative estimate of drug-likeness (QED) is 0.0199. The van der Waals surface area contributed by atoms with Crippen molar-refractivity contribution in [2.75, 3.05) is 26.4 Å². The molecule has 0 bridgehead atoms. The third kappa shape index (κ3) is 43.8. The van der Waals surface area contributed by atoms with Crippen molar-refractivity contribution in [1.29, 1.82) is 0 Å². The number of hydrogen-bond acceptors (Lipinski definition) is 18. The smallest absolute Gasteiger partial charge is 0.220 e. The molecular weight excluding hydrogens is 1320 g/mol. The Morgan fingerprint density at radius 3 is 1.04 bits per heavy atom. The molecule has 0 aromatic carbocycles. The van der Waals surface area contributed by atoms with E-state index in [1.165, 1.54) is 173 Å². The molecule has 3 saturated heterocycles. The predicted molar refractivity (Wildman–Crippen MR) is 415 cm³/mol. The highest BCUT2D eigenvalue weighted by molar-refractivity contribution is 5.76. The molecular formula is C85H149NO18. The summed E-state index contributed by atoms with van der Waals surface area (Å²) in [5.74, 6) is -0.295. The second kappa shape index (κ2) is 64.5. The van der Waals surface area contributed by atoms with Crippen molar-refractivity contribution in [2.24, 2.45) is 0 Å². The number of aliphatic hydroxyl groups excluding tert-OH is 11. The lowest BCUT2D eigenvalue weighted by Gasteiger charge is -2.48. The van der Waals surface area contributed by atoms with Crippen molar-refractivity contribution in [3.63, 3.8) is 0 Å². The van der Waals surface area contributed by atoms with Crippen LogP contribution in [0, 0.1) is 0 Å². The summed E-state index contributed by atoms with van der Waals surface area (Å²) in [6.07, 6.45) is 61.1. The molecule has 3 aliphatic rings. The van der Waals surface area contributed by atoms with Crippen LogP contribution < -0.4 is 5.32 Å². The van der Waals surface area contributed by atoms with E-state index in [9.17, 15) is 61.0 Å². The van der Waals surface area contributed by atoms with Crippen LogP contribution in [0.1, 0.15) is 303 Å². The Labute approximate surface area is 628 Å². The maximum atomic E-state index is 13.5. The first-order valence-electron chi connectivity index (χ1n) is 41.5. The largest absolute Gasteiger partial charge is 0.394 e. The van der Waals surface area contributed by atoms with Gasteiger partial charge in [0.25, 0.3) is 0 Å². The number of unbranched alkanes of at least 4 members (excludes halogenated alkanes) is 35. The van der Waals surface area contributed by atoms with Crippen LogP contribution in [0.3, 0.4) is 0 Å². The third-order valence-electron chi connectivity index (χ3n) is 20.1. The molecule has 19 nitrogen and oxygen atoms in total. The van der Waals surface area contributed by atoms with Crippen LogP contribution >= 0.6 is 0 Å². The lowest BCUT2D eigenvalue weighted by Crippen LogP contribution is -2.66. The molecule has 12 N–H and O–H groups in total. The van der Waals surface area contributed by atoms with Crippen molar-refractivity contribution in [3.8, 4) is 0 Å². The van der Waals surface area contributed by atoms with Crippen molar-refractivity contribution < 1.29 is 89.4 Å². The van der Waals surface area contributed by atoms with Crippen LogP contribution in [0.15, 0.2) is 97.2 Å². The molecule has 0 aliphatic carbocycles. The molecule has 3 aliphatic heterocycles. The number of carbonyl (C=O) groups excluding carboxylic acids is 1. The number of nitrogens with one attached hydrogen (secondary N) is 1. The van der Waals surface area contributed by atoms with E-state index in [1.807, 2.05) is 6.08 Å². The van der Waals surface area contributed by atoms with Gasteiger partial charge in [0.05, 0.1) is 38.6 Å². The van der Waals surface area contributed by atoms with Crippen LogP contribution in [0.25, 0.3) is 0 Å². The highest BCUT2D eigenvalue weighted by atomic mass is 16.8. The van der Waals surface area contributed by atoms with Gasteiger partial charge in [-0.05, 0) is 77.0 Å².